The highest BCUT2D eigenvalue weighted by Crippen LogP contribution is 2.17. The molecule has 0 aliphatic carbocycles. The van der Waals surface area contributed by atoms with Crippen LogP contribution in [0.25, 0.3) is 5.82 Å². The Labute approximate surface area is 183 Å². The lowest BCUT2D eigenvalue weighted by atomic mass is 10.1. The van der Waals surface area contributed by atoms with Crippen molar-refractivity contribution in [2.24, 2.45) is 0 Å². The largest absolute Gasteiger partial charge is 0.325 e. The summed E-state index contributed by atoms with van der Waals surface area (Å²) >= 11 is 0. The van der Waals surface area contributed by atoms with E-state index in [1.807, 2.05) is 37.6 Å². The second-order valence-electron chi connectivity index (χ2n) is 7.03. The normalized spacial score (nSPS) is 11.6. The number of aryl methyl sites for hydroxylation is 2. The van der Waals surface area contributed by atoms with E-state index in [2.05, 4.69) is 15.3 Å². The van der Waals surface area contributed by atoms with Crippen LogP contribution >= 0.6 is 0 Å². The van der Waals surface area contributed by atoms with Crippen LogP contribution in [0.3, 0.4) is 0 Å². The van der Waals surface area contributed by atoms with Crippen molar-refractivity contribution >= 4 is 21.6 Å². The number of nitrogens with zero attached hydrogens (tertiary/aromatic N) is 4. The van der Waals surface area contributed by atoms with Crippen LogP contribution in [0.15, 0.2) is 59.9 Å². The molecule has 0 bridgehead atoms. The van der Waals surface area contributed by atoms with Crippen LogP contribution in [-0.2, 0) is 21.2 Å². The van der Waals surface area contributed by atoms with Crippen LogP contribution in [-0.4, -0.2) is 46.3 Å². The molecule has 0 saturated heterocycles. The van der Waals surface area contributed by atoms with Gasteiger partial charge in [0.05, 0.1) is 16.8 Å². The molecule has 8 nitrogen and oxygen atoms in total. The fourth-order valence-corrected chi connectivity index (χ4v) is 4.70. The van der Waals surface area contributed by atoms with Crippen molar-refractivity contribution in [3.05, 3.63) is 66.4 Å². The number of rotatable bonds is 9. The number of amides is 1. The number of anilines is 1. The van der Waals surface area contributed by atoms with Crippen molar-refractivity contribution in [1.82, 2.24) is 18.8 Å². The van der Waals surface area contributed by atoms with Crippen molar-refractivity contribution in [3.8, 4) is 5.82 Å². The van der Waals surface area contributed by atoms with Gasteiger partial charge in [0.25, 0.3) is 0 Å². The third kappa shape index (κ3) is 5.36. The Balaban J connectivity index is 1.56. The number of benzene rings is 1. The molecule has 2 aromatic heterocycles. The summed E-state index contributed by atoms with van der Waals surface area (Å²) in [5, 5.41) is 2.84. The van der Waals surface area contributed by atoms with Crippen LogP contribution in [0.1, 0.15) is 31.7 Å². The highest BCUT2D eigenvalue weighted by Gasteiger charge is 2.21. The zero-order valence-corrected chi connectivity index (χ0v) is 18.8. The molecular formula is C22H27N5O3S. The second kappa shape index (κ2) is 9.84. The molecule has 0 radical (unpaired) electrons. The molecule has 1 aromatic carbocycles. The van der Waals surface area contributed by atoms with Gasteiger partial charge < -0.3 is 5.32 Å². The standard InChI is InChI=1S/C22H27N5O3S/c1-4-26(5-2)31(29,30)20-10-6-18(7-11-20)8-13-22(28)25-19-9-12-21(24-16-19)27-15-14-23-17(27)3/h6-7,9-12,14-16H,4-5,8,13H2,1-3H3,(H,25,28). The molecule has 31 heavy (non-hydrogen) atoms. The van der Waals surface area contributed by atoms with E-state index < -0.39 is 10.0 Å². The van der Waals surface area contributed by atoms with Gasteiger partial charge >= 0.3 is 0 Å². The smallest absolute Gasteiger partial charge is 0.243 e. The summed E-state index contributed by atoms with van der Waals surface area (Å²) < 4.78 is 28.4. The quantitative estimate of drug-likeness (QED) is 0.550. The number of hydrogen-bond acceptors (Lipinski definition) is 5. The van der Waals surface area contributed by atoms with Crippen molar-refractivity contribution in [3.63, 3.8) is 0 Å². The summed E-state index contributed by atoms with van der Waals surface area (Å²) in [6.45, 7) is 6.38. The molecule has 3 aromatic rings. The lowest BCUT2D eigenvalue weighted by Gasteiger charge is -2.18. The maximum Gasteiger partial charge on any atom is 0.243 e. The van der Waals surface area contributed by atoms with E-state index in [4.69, 9.17) is 0 Å². The number of carbonyl (C=O) groups excluding carboxylic acids is 1. The minimum atomic E-state index is -3.47. The van der Waals surface area contributed by atoms with Crippen molar-refractivity contribution in [2.75, 3.05) is 18.4 Å². The van der Waals surface area contributed by atoms with Crippen molar-refractivity contribution in [1.29, 1.82) is 0 Å². The van der Waals surface area contributed by atoms with Crippen molar-refractivity contribution in [2.45, 2.75) is 38.5 Å². The average Bonchev–Trinajstić information content (AvgIpc) is 3.19. The number of imidazole rings is 1. The topological polar surface area (TPSA) is 97.2 Å². The van der Waals surface area contributed by atoms with E-state index in [0.29, 0.717) is 25.2 Å². The Morgan fingerprint density at radius 3 is 2.32 bits per heavy atom. The number of nitrogens with one attached hydrogen (secondary N) is 1. The molecular weight excluding hydrogens is 414 g/mol. The number of hydrogen-bond donors (Lipinski definition) is 1. The summed E-state index contributed by atoms with van der Waals surface area (Å²) in [4.78, 5) is 21.1. The molecule has 0 unspecified atom stereocenters. The zero-order chi connectivity index (χ0) is 22.4. The lowest BCUT2D eigenvalue weighted by molar-refractivity contribution is -0.116. The summed E-state index contributed by atoms with van der Waals surface area (Å²) in [5.74, 6) is 1.43. The molecule has 0 fully saturated rings. The van der Waals surface area contributed by atoms with Gasteiger partial charge in [-0.25, -0.2) is 18.4 Å². The van der Waals surface area contributed by atoms with E-state index in [1.165, 1.54) is 4.31 Å². The fraction of sp³-hybridized carbons (Fsp3) is 0.318. The molecule has 2 heterocycles. The Morgan fingerprint density at radius 1 is 1.06 bits per heavy atom. The summed E-state index contributed by atoms with van der Waals surface area (Å²) in [5.41, 5.74) is 1.52. The van der Waals surface area contributed by atoms with Gasteiger partial charge in [-0.05, 0) is 43.2 Å². The Bertz CT molecular complexity index is 1120. The SMILES string of the molecule is CCN(CC)S(=O)(=O)c1ccc(CCC(=O)Nc2ccc(-n3ccnc3C)nc2)cc1. The van der Waals surface area contributed by atoms with Crippen molar-refractivity contribution < 1.29 is 13.2 Å². The number of sulfonamides is 1. The van der Waals surface area contributed by atoms with E-state index in [9.17, 15) is 13.2 Å². The maximum absolute atomic E-state index is 12.5. The summed E-state index contributed by atoms with van der Waals surface area (Å²) in [6.07, 6.45) is 5.94. The minimum absolute atomic E-state index is 0.131. The number of pyridine rings is 1. The first kappa shape index (κ1) is 22.6. The molecule has 3 rings (SSSR count). The third-order valence-electron chi connectivity index (χ3n) is 5.01. The van der Waals surface area contributed by atoms with Gasteiger partial charge in [0.15, 0.2) is 0 Å². The van der Waals surface area contributed by atoms with E-state index >= 15 is 0 Å². The number of carbonyl (C=O) groups is 1. The highest BCUT2D eigenvalue weighted by atomic mass is 32.2. The predicted octanol–water partition coefficient (Wildman–Crippen LogP) is 3.18. The van der Waals surface area contributed by atoms with E-state index in [0.717, 1.165) is 17.2 Å². The fourth-order valence-electron chi connectivity index (χ4n) is 3.24. The molecule has 1 N–H and O–H groups in total. The molecule has 164 valence electrons. The zero-order valence-electron chi connectivity index (χ0n) is 17.9. The van der Waals surface area contributed by atoms with E-state index in [-0.39, 0.29) is 17.2 Å². The first-order chi connectivity index (χ1) is 14.8. The summed E-state index contributed by atoms with van der Waals surface area (Å²) in [7, 11) is -3.47. The van der Waals surface area contributed by atoms with Crippen LogP contribution < -0.4 is 5.32 Å². The van der Waals surface area contributed by atoms with Crippen LogP contribution in [0.4, 0.5) is 5.69 Å². The molecule has 0 atom stereocenters. The average molecular weight is 442 g/mol. The lowest BCUT2D eigenvalue weighted by Crippen LogP contribution is -2.30. The third-order valence-corrected chi connectivity index (χ3v) is 7.08. The highest BCUT2D eigenvalue weighted by molar-refractivity contribution is 7.89. The van der Waals surface area contributed by atoms with Gasteiger partial charge in [-0.15, -0.1) is 0 Å². The second-order valence-corrected chi connectivity index (χ2v) is 8.97. The molecule has 0 aliphatic heterocycles. The predicted molar refractivity (Wildman–Crippen MR) is 120 cm³/mol. The molecule has 0 spiro atoms. The Hall–Kier alpha value is -3.04. The van der Waals surface area contributed by atoms with Gasteiger partial charge in [0.2, 0.25) is 15.9 Å². The van der Waals surface area contributed by atoms with Crippen LogP contribution in [0.2, 0.25) is 0 Å². The molecule has 9 heteroatoms. The van der Waals surface area contributed by atoms with Gasteiger partial charge in [0, 0.05) is 31.9 Å². The van der Waals surface area contributed by atoms with Crippen LogP contribution in [0, 0.1) is 6.92 Å². The molecule has 0 aliphatic rings. The number of aromatic nitrogens is 3. The monoisotopic (exact) mass is 441 g/mol. The molecule has 0 saturated carbocycles. The first-order valence-electron chi connectivity index (χ1n) is 10.2. The molecule has 1 amide bonds. The maximum atomic E-state index is 12.5. The minimum Gasteiger partial charge on any atom is -0.325 e. The van der Waals surface area contributed by atoms with Gasteiger partial charge in [-0.1, -0.05) is 26.0 Å². The summed E-state index contributed by atoms with van der Waals surface area (Å²) in [6, 6.07) is 10.3. The van der Waals surface area contributed by atoms with Gasteiger partial charge in [-0.3, -0.25) is 9.36 Å². The van der Waals surface area contributed by atoms with Gasteiger partial charge in [-0.2, -0.15) is 4.31 Å². The Kier molecular flexibility index (Phi) is 7.19. The van der Waals surface area contributed by atoms with Gasteiger partial charge in [0.1, 0.15) is 11.6 Å². The first-order valence-corrected chi connectivity index (χ1v) is 11.6. The Morgan fingerprint density at radius 2 is 1.77 bits per heavy atom. The van der Waals surface area contributed by atoms with E-state index in [1.54, 1.807) is 42.7 Å². The van der Waals surface area contributed by atoms with Crippen LogP contribution in [0.5, 0.6) is 0 Å².